The summed E-state index contributed by atoms with van der Waals surface area (Å²) in [4.78, 5) is 24.5. The Kier molecular flexibility index (Phi) is 5.60. The Morgan fingerprint density at radius 1 is 1.24 bits per heavy atom. The molecule has 0 aliphatic carbocycles. The lowest BCUT2D eigenvalue weighted by Gasteiger charge is -2.30. The predicted octanol–water partition coefficient (Wildman–Crippen LogP) is 2.83. The number of benzene rings is 1. The number of carboxylic acids is 1. The number of ether oxygens (including phenoxy) is 1. The van der Waals surface area contributed by atoms with E-state index in [2.05, 4.69) is 11.4 Å². The summed E-state index contributed by atoms with van der Waals surface area (Å²) in [6.45, 7) is 5.46. The quantitative estimate of drug-likeness (QED) is 0.800. The van der Waals surface area contributed by atoms with Gasteiger partial charge in [-0.15, -0.1) is 0 Å². The van der Waals surface area contributed by atoms with Crippen LogP contribution in [0.3, 0.4) is 0 Å². The van der Waals surface area contributed by atoms with E-state index in [1.165, 1.54) is 0 Å². The summed E-state index contributed by atoms with van der Waals surface area (Å²) in [5.74, 6) is -2.58. The van der Waals surface area contributed by atoms with Crippen LogP contribution in [0.25, 0.3) is 0 Å². The van der Waals surface area contributed by atoms with Gasteiger partial charge in [0, 0.05) is 11.4 Å². The Hall–Kier alpha value is -3.07. The molecule has 0 saturated carbocycles. The third-order valence-electron chi connectivity index (χ3n) is 4.04. The van der Waals surface area contributed by atoms with Crippen molar-refractivity contribution in [1.29, 1.82) is 5.26 Å². The van der Waals surface area contributed by atoms with E-state index in [0.29, 0.717) is 28.9 Å². The van der Waals surface area contributed by atoms with Crippen LogP contribution in [0.15, 0.2) is 46.8 Å². The first-order valence-electron chi connectivity index (χ1n) is 8.00. The van der Waals surface area contributed by atoms with Gasteiger partial charge in [0.25, 0.3) is 0 Å². The number of nitrogens with one attached hydrogen (secondary N) is 1. The number of hydrogen-bond donors (Lipinski definition) is 2. The van der Waals surface area contributed by atoms with Gasteiger partial charge in [0.2, 0.25) is 0 Å². The van der Waals surface area contributed by atoms with Gasteiger partial charge in [0.05, 0.1) is 35.3 Å². The van der Waals surface area contributed by atoms with E-state index in [1.54, 1.807) is 38.1 Å². The van der Waals surface area contributed by atoms with Gasteiger partial charge < -0.3 is 15.2 Å². The molecule has 0 bridgehead atoms. The number of dihydropyridines is 1. The molecule has 1 aromatic carbocycles. The molecule has 6 heteroatoms. The normalized spacial score (nSPS) is 17.0. The van der Waals surface area contributed by atoms with Crippen LogP contribution in [0.2, 0.25) is 0 Å². The SMILES string of the molecule is CCCOC(=O)C1=C(C)NC(C)=C(C(=O)O)C1c1ccccc1C#N. The second-order valence-corrected chi connectivity index (χ2v) is 5.78. The van der Waals surface area contributed by atoms with Crippen molar-refractivity contribution in [3.63, 3.8) is 0 Å². The Morgan fingerprint density at radius 3 is 2.48 bits per heavy atom. The molecule has 0 spiro atoms. The third kappa shape index (κ3) is 3.56. The van der Waals surface area contributed by atoms with Gasteiger partial charge in [0.15, 0.2) is 0 Å². The number of esters is 1. The number of nitrogens with zero attached hydrogens (tertiary/aromatic N) is 1. The van der Waals surface area contributed by atoms with Crippen molar-refractivity contribution < 1.29 is 19.4 Å². The molecule has 130 valence electrons. The summed E-state index contributed by atoms with van der Waals surface area (Å²) in [6, 6.07) is 8.77. The molecule has 25 heavy (non-hydrogen) atoms. The van der Waals surface area contributed by atoms with Crippen LogP contribution in [0.5, 0.6) is 0 Å². The summed E-state index contributed by atoms with van der Waals surface area (Å²) in [5, 5.41) is 22.1. The summed E-state index contributed by atoms with van der Waals surface area (Å²) in [6.07, 6.45) is 0.658. The molecule has 2 N–H and O–H groups in total. The van der Waals surface area contributed by atoms with Crippen LogP contribution in [-0.2, 0) is 14.3 Å². The molecular formula is C19H20N2O4. The number of nitriles is 1. The number of allylic oxidation sites excluding steroid dienone is 2. The molecule has 0 saturated heterocycles. The third-order valence-corrected chi connectivity index (χ3v) is 4.04. The van der Waals surface area contributed by atoms with Gasteiger partial charge in [-0.05, 0) is 31.9 Å². The number of carbonyl (C=O) groups excluding carboxylic acids is 1. The minimum atomic E-state index is -1.14. The monoisotopic (exact) mass is 340 g/mol. The fourth-order valence-corrected chi connectivity index (χ4v) is 2.98. The Morgan fingerprint density at radius 2 is 1.88 bits per heavy atom. The molecule has 1 aliphatic rings. The largest absolute Gasteiger partial charge is 0.478 e. The van der Waals surface area contributed by atoms with Crippen molar-refractivity contribution in [2.24, 2.45) is 0 Å². The first-order valence-corrected chi connectivity index (χ1v) is 8.00. The van der Waals surface area contributed by atoms with Gasteiger partial charge in [-0.2, -0.15) is 5.26 Å². The zero-order valence-electron chi connectivity index (χ0n) is 14.4. The van der Waals surface area contributed by atoms with E-state index < -0.39 is 17.9 Å². The molecule has 1 aromatic rings. The predicted molar refractivity (Wildman–Crippen MR) is 91.3 cm³/mol. The molecular weight excluding hydrogens is 320 g/mol. The molecule has 1 aliphatic heterocycles. The first kappa shape index (κ1) is 18.3. The second kappa shape index (κ2) is 7.67. The van der Waals surface area contributed by atoms with Crippen molar-refractivity contribution in [1.82, 2.24) is 5.32 Å². The molecule has 0 radical (unpaired) electrons. The lowest BCUT2D eigenvalue weighted by atomic mass is 9.79. The van der Waals surface area contributed by atoms with Gasteiger partial charge in [-0.25, -0.2) is 9.59 Å². The van der Waals surface area contributed by atoms with Gasteiger partial charge in [0.1, 0.15) is 0 Å². The molecule has 0 aromatic heterocycles. The number of rotatable bonds is 5. The van der Waals surface area contributed by atoms with Crippen LogP contribution in [-0.4, -0.2) is 23.7 Å². The minimum absolute atomic E-state index is 0.0387. The average Bonchev–Trinajstić information content (AvgIpc) is 2.58. The summed E-state index contributed by atoms with van der Waals surface area (Å²) < 4.78 is 5.25. The average molecular weight is 340 g/mol. The van der Waals surface area contributed by atoms with Crippen LogP contribution in [0.1, 0.15) is 44.2 Å². The maximum Gasteiger partial charge on any atom is 0.336 e. The van der Waals surface area contributed by atoms with E-state index in [1.807, 2.05) is 6.92 Å². The summed E-state index contributed by atoms with van der Waals surface area (Å²) in [5.41, 5.74) is 2.03. The van der Waals surface area contributed by atoms with E-state index in [0.717, 1.165) is 0 Å². The van der Waals surface area contributed by atoms with E-state index in [-0.39, 0.29) is 17.8 Å². The van der Waals surface area contributed by atoms with E-state index >= 15 is 0 Å². The maximum atomic E-state index is 12.6. The number of hydrogen-bond acceptors (Lipinski definition) is 5. The van der Waals surface area contributed by atoms with Crippen molar-refractivity contribution in [2.75, 3.05) is 6.61 Å². The van der Waals surface area contributed by atoms with Crippen LogP contribution >= 0.6 is 0 Å². The standard InChI is InChI=1S/C19H20N2O4/c1-4-9-25-19(24)16-12(3)21-11(2)15(18(22)23)17(16)14-8-6-5-7-13(14)10-20/h5-8,17,21H,4,9H2,1-3H3,(H,22,23). The fraction of sp³-hybridized carbons (Fsp3) is 0.316. The Labute approximate surface area is 146 Å². The molecule has 0 amide bonds. The lowest BCUT2D eigenvalue weighted by Crippen LogP contribution is -2.32. The van der Waals surface area contributed by atoms with Crippen molar-refractivity contribution in [3.05, 3.63) is 57.9 Å². The van der Waals surface area contributed by atoms with Crippen LogP contribution < -0.4 is 5.32 Å². The highest BCUT2D eigenvalue weighted by molar-refractivity contribution is 5.99. The van der Waals surface area contributed by atoms with Gasteiger partial charge in [-0.1, -0.05) is 25.1 Å². The Balaban J connectivity index is 2.68. The molecule has 0 fully saturated rings. The highest BCUT2D eigenvalue weighted by Gasteiger charge is 2.38. The second-order valence-electron chi connectivity index (χ2n) is 5.78. The highest BCUT2D eigenvalue weighted by atomic mass is 16.5. The minimum Gasteiger partial charge on any atom is -0.478 e. The molecule has 1 atom stereocenters. The zero-order valence-corrected chi connectivity index (χ0v) is 14.4. The zero-order chi connectivity index (χ0) is 18.6. The fourth-order valence-electron chi connectivity index (χ4n) is 2.98. The van der Waals surface area contributed by atoms with Crippen LogP contribution in [0, 0.1) is 11.3 Å². The number of carbonyl (C=O) groups is 2. The van der Waals surface area contributed by atoms with Crippen LogP contribution in [0.4, 0.5) is 0 Å². The summed E-state index contributed by atoms with van der Waals surface area (Å²) in [7, 11) is 0. The first-order chi connectivity index (χ1) is 11.9. The van der Waals surface area contributed by atoms with Crippen molar-refractivity contribution in [2.45, 2.75) is 33.1 Å². The topological polar surface area (TPSA) is 99.4 Å². The van der Waals surface area contributed by atoms with E-state index in [4.69, 9.17) is 4.74 Å². The highest BCUT2D eigenvalue weighted by Crippen LogP contribution is 2.39. The molecule has 6 nitrogen and oxygen atoms in total. The van der Waals surface area contributed by atoms with Crippen molar-refractivity contribution in [3.8, 4) is 6.07 Å². The Bertz CT molecular complexity index is 815. The van der Waals surface area contributed by atoms with Gasteiger partial charge >= 0.3 is 11.9 Å². The lowest BCUT2D eigenvalue weighted by molar-refractivity contribution is -0.139. The number of aliphatic carboxylic acids is 1. The van der Waals surface area contributed by atoms with E-state index in [9.17, 15) is 20.0 Å². The maximum absolute atomic E-state index is 12.6. The molecule has 1 heterocycles. The van der Waals surface area contributed by atoms with Crippen molar-refractivity contribution >= 4 is 11.9 Å². The smallest absolute Gasteiger partial charge is 0.336 e. The molecule has 1 unspecified atom stereocenters. The number of carboxylic acid groups (broad SMARTS) is 1. The summed E-state index contributed by atoms with van der Waals surface area (Å²) >= 11 is 0. The van der Waals surface area contributed by atoms with Gasteiger partial charge in [-0.3, -0.25) is 0 Å². The molecule has 2 rings (SSSR count).